The molecule has 0 aliphatic heterocycles. The third kappa shape index (κ3) is 3.53. The molecule has 0 unspecified atom stereocenters. The van der Waals surface area contributed by atoms with Crippen LogP contribution in [-0.4, -0.2) is 18.2 Å². The van der Waals surface area contributed by atoms with Gasteiger partial charge in [0, 0.05) is 0 Å². The number of hydrogen-bond acceptors (Lipinski definition) is 4. The van der Waals surface area contributed by atoms with Crippen LogP contribution in [0.25, 0.3) is 11.3 Å². The van der Waals surface area contributed by atoms with Crippen LogP contribution in [0.2, 0.25) is 10.0 Å². The van der Waals surface area contributed by atoms with Crippen molar-refractivity contribution in [2.75, 3.05) is 6.54 Å². The number of furan rings is 1. The summed E-state index contributed by atoms with van der Waals surface area (Å²) in [5.74, 6) is -0.158. The molecule has 7 heteroatoms. The summed E-state index contributed by atoms with van der Waals surface area (Å²) in [4.78, 5) is 24.6. The van der Waals surface area contributed by atoms with E-state index in [0.717, 1.165) is 0 Å². The smallest absolute Gasteiger partial charge is 0.287 e. The average Bonchev–Trinajstić information content (AvgIpc) is 3.24. The van der Waals surface area contributed by atoms with Gasteiger partial charge in [-0.1, -0.05) is 35.3 Å². The molecule has 0 saturated carbocycles. The largest absolute Gasteiger partial charge is 0.451 e. The zero-order valence-electron chi connectivity index (χ0n) is 12.2. The number of rotatable bonds is 5. The molecule has 0 aliphatic carbocycles. The summed E-state index contributed by atoms with van der Waals surface area (Å²) in [6, 6.07) is 11.7. The number of hydrogen-bond donors (Lipinski definition) is 1. The number of ketones is 1. The number of nitrogens with one attached hydrogen (secondary N) is 1. The first-order valence-electron chi connectivity index (χ1n) is 6.95. The van der Waals surface area contributed by atoms with Crippen LogP contribution in [0, 0.1) is 0 Å². The van der Waals surface area contributed by atoms with Gasteiger partial charge in [0.25, 0.3) is 5.91 Å². The highest BCUT2D eigenvalue weighted by molar-refractivity contribution is 7.12. The van der Waals surface area contributed by atoms with Gasteiger partial charge in [0.05, 0.1) is 27.0 Å². The van der Waals surface area contributed by atoms with E-state index in [1.54, 1.807) is 41.8 Å². The fraction of sp³-hybridized carbons (Fsp3) is 0.0588. The molecule has 0 atom stereocenters. The number of carbonyl (C=O) groups excluding carboxylic acids is 2. The SMILES string of the molecule is O=C(NCC(=O)c1cccs1)c1ccc(-c2c(Cl)cccc2Cl)o1. The predicted octanol–water partition coefficient (Wildman–Crippen LogP) is 4.93. The standard InChI is InChI=1S/C17H11Cl2NO3S/c18-10-3-1-4-11(19)16(10)13-6-7-14(23-13)17(22)20-9-12(21)15-5-2-8-24-15/h1-8H,9H2,(H,20,22). The Hall–Kier alpha value is -2.08. The van der Waals surface area contributed by atoms with Crippen LogP contribution in [0.5, 0.6) is 0 Å². The van der Waals surface area contributed by atoms with Crippen LogP contribution in [-0.2, 0) is 0 Å². The second kappa shape index (κ2) is 7.21. The second-order valence-corrected chi connectivity index (χ2v) is 6.61. The summed E-state index contributed by atoms with van der Waals surface area (Å²) in [5, 5.41) is 5.20. The molecule has 2 aromatic heterocycles. The zero-order chi connectivity index (χ0) is 17.1. The molecular formula is C17H11Cl2NO3S. The molecule has 122 valence electrons. The van der Waals surface area contributed by atoms with Crippen molar-refractivity contribution in [3.63, 3.8) is 0 Å². The van der Waals surface area contributed by atoms with Gasteiger partial charge in [-0.3, -0.25) is 9.59 Å². The number of thiophene rings is 1. The minimum absolute atomic E-state index is 0.0833. The first kappa shape index (κ1) is 16.8. The van der Waals surface area contributed by atoms with E-state index in [9.17, 15) is 9.59 Å². The molecule has 0 saturated heterocycles. The Morgan fingerprint density at radius 1 is 1.04 bits per heavy atom. The fourth-order valence-electron chi connectivity index (χ4n) is 2.10. The van der Waals surface area contributed by atoms with Crippen molar-refractivity contribution in [1.82, 2.24) is 5.32 Å². The molecule has 0 spiro atoms. The number of amides is 1. The quantitative estimate of drug-likeness (QED) is 0.639. The van der Waals surface area contributed by atoms with Gasteiger partial charge in [-0.05, 0) is 35.7 Å². The van der Waals surface area contributed by atoms with E-state index in [0.29, 0.717) is 26.2 Å². The van der Waals surface area contributed by atoms with Gasteiger partial charge in [-0.2, -0.15) is 0 Å². The third-order valence-electron chi connectivity index (χ3n) is 3.24. The minimum atomic E-state index is -0.477. The van der Waals surface area contributed by atoms with Gasteiger partial charge >= 0.3 is 0 Å². The maximum atomic E-state index is 12.1. The van der Waals surface area contributed by atoms with E-state index in [2.05, 4.69) is 5.32 Å². The van der Waals surface area contributed by atoms with E-state index in [1.807, 2.05) is 0 Å². The molecule has 0 aliphatic rings. The number of carbonyl (C=O) groups is 2. The van der Waals surface area contributed by atoms with E-state index < -0.39 is 5.91 Å². The van der Waals surface area contributed by atoms with E-state index in [-0.39, 0.29) is 18.1 Å². The van der Waals surface area contributed by atoms with Gasteiger partial charge in [-0.25, -0.2) is 0 Å². The second-order valence-electron chi connectivity index (χ2n) is 4.84. The molecule has 1 amide bonds. The molecule has 0 bridgehead atoms. The molecule has 4 nitrogen and oxygen atoms in total. The molecule has 1 N–H and O–H groups in total. The van der Waals surface area contributed by atoms with E-state index in [1.165, 1.54) is 17.4 Å². The van der Waals surface area contributed by atoms with Gasteiger partial charge in [0.2, 0.25) is 0 Å². The van der Waals surface area contributed by atoms with E-state index in [4.69, 9.17) is 27.6 Å². The Bertz CT molecular complexity index is 867. The summed E-state index contributed by atoms with van der Waals surface area (Å²) in [7, 11) is 0. The van der Waals surface area contributed by atoms with Crippen molar-refractivity contribution < 1.29 is 14.0 Å². The number of benzene rings is 1. The van der Waals surface area contributed by atoms with Crippen molar-refractivity contribution >= 4 is 46.2 Å². The lowest BCUT2D eigenvalue weighted by molar-refractivity contribution is 0.0887. The fourth-order valence-corrected chi connectivity index (χ4v) is 3.35. The van der Waals surface area contributed by atoms with Gasteiger partial charge in [-0.15, -0.1) is 11.3 Å². The summed E-state index contributed by atoms with van der Waals surface area (Å²) in [5.41, 5.74) is 0.523. The third-order valence-corrected chi connectivity index (χ3v) is 4.79. The highest BCUT2D eigenvalue weighted by Crippen LogP contribution is 2.35. The topological polar surface area (TPSA) is 59.3 Å². The lowest BCUT2D eigenvalue weighted by Crippen LogP contribution is -2.28. The molecule has 0 fully saturated rings. The predicted molar refractivity (Wildman–Crippen MR) is 95.1 cm³/mol. The molecule has 2 heterocycles. The van der Waals surface area contributed by atoms with Crippen molar-refractivity contribution in [2.45, 2.75) is 0 Å². The molecular weight excluding hydrogens is 369 g/mol. The molecule has 3 rings (SSSR count). The van der Waals surface area contributed by atoms with Crippen molar-refractivity contribution in [2.24, 2.45) is 0 Å². The molecule has 3 aromatic rings. The number of halogens is 2. The normalized spacial score (nSPS) is 10.6. The maximum Gasteiger partial charge on any atom is 0.287 e. The minimum Gasteiger partial charge on any atom is -0.451 e. The molecule has 0 radical (unpaired) electrons. The monoisotopic (exact) mass is 379 g/mol. The van der Waals surface area contributed by atoms with Gasteiger partial charge in [0.15, 0.2) is 11.5 Å². The Morgan fingerprint density at radius 2 is 1.79 bits per heavy atom. The summed E-state index contributed by atoms with van der Waals surface area (Å²) < 4.78 is 5.53. The lowest BCUT2D eigenvalue weighted by atomic mass is 10.2. The van der Waals surface area contributed by atoms with Crippen molar-refractivity contribution in [3.8, 4) is 11.3 Å². The zero-order valence-corrected chi connectivity index (χ0v) is 14.5. The van der Waals surface area contributed by atoms with Crippen LogP contribution in [0.3, 0.4) is 0 Å². The summed E-state index contributed by atoms with van der Waals surface area (Å²) in [6.07, 6.45) is 0. The van der Waals surface area contributed by atoms with E-state index >= 15 is 0 Å². The highest BCUT2D eigenvalue weighted by Gasteiger charge is 2.17. The number of Topliss-reactive ketones (excluding diaryl/α,β-unsaturated/α-hetero) is 1. The van der Waals surface area contributed by atoms with Crippen molar-refractivity contribution in [1.29, 1.82) is 0 Å². The summed E-state index contributed by atoms with van der Waals surface area (Å²) in [6.45, 7) is -0.0950. The van der Waals surface area contributed by atoms with Crippen LogP contribution in [0.1, 0.15) is 20.2 Å². The highest BCUT2D eigenvalue weighted by atomic mass is 35.5. The Balaban J connectivity index is 1.71. The van der Waals surface area contributed by atoms with Gasteiger partial charge < -0.3 is 9.73 Å². The van der Waals surface area contributed by atoms with Crippen LogP contribution < -0.4 is 5.32 Å². The first-order valence-corrected chi connectivity index (χ1v) is 8.59. The Labute approximate surface area is 152 Å². The summed E-state index contributed by atoms with van der Waals surface area (Å²) >= 11 is 13.6. The van der Waals surface area contributed by atoms with Crippen molar-refractivity contribution in [3.05, 3.63) is 68.5 Å². The first-order chi connectivity index (χ1) is 11.6. The Morgan fingerprint density at radius 3 is 2.46 bits per heavy atom. The van der Waals surface area contributed by atoms with Crippen LogP contribution in [0.4, 0.5) is 0 Å². The molecule has 24 heavy (non-hydrogen) atoms. The lowest BCUT2D eigenvalue weighted by Gasteiger charge is -2.04. The average molecular weight is 380 g/mol. The molecule has 1 aromatic carbocycles. The van der Waals surface area contributed by atoms with Gasteiger partial charge in [0.1, 0.15) is 5.76 Å². The maximum absolute atomic E-state index is 12.1. The Kier molecular flexibility index (Phi) is 5.04. The van der Waals surface area contributed by atoms with Crippen LogP contribution in [0.15, 0.2) is 52.3 Å². The van der Waals surface area contributed by atoms with Crippen LogP contribution >= 0.6 is 34.5 Å².